The van der Waals surface area contributed by atoms with E-state index in [4.69, 9.17) is 16.3 Å². The molecule has 0 aromatic rings. The van der Waals surface area contributed by atoms with Gasteiger partial charge < -0.3 is 4.74 Å². The van der Waals surface area contributed by atoms with Gasteiger partial charge in [0.1, 0.15) is 0 Å². The van der Waals surface area contributed by atoms with Crippen LogP contribution in [0.2, 0.25) is 0 Å². The highest BCUT2D eigenvalue weighted by Gasteiger charge is 2.32. The summed E-state index contributed by atoms with van der Waals surface area (Å²) < 4.78 is 5.36. The Morgan fingerprint density at radius 3 is 2.82 bits per heavy atom. The first-order valence-electron chi connectivity index (χ1n) is 4.47. The second-order valence-corrected chi connectivity index (χ2v) is 3.81. The van der Waals surface area contributed by atoms with E-state index in [0.29, 0.717) is 5.41 Å². The van der Waals surface area contributed by atoms with E-state index >= 15 is 0 Å². The molecule has 2 heteroatoms. The lowest BCUT2D eigenvalue weighted by Crippen LogP contribution is -2.22. The number of rotatable bonds is 4. The van der Waals surface area contributed by atoms with Crippen molar-refractivity contribution in [1.82, 2.24) is 0 Å². The molecule has 0 radical (unpaired) electrons. The minimum absolute atomic E-state index is 0.331. The predicted octanol–water partition coefficient (Wildman–Crippen LogP) is 2.82. The predicted molar refractivity (Wildman–Crippen MR) is 48.1 cm³/mol. The van der Waals surface area contributed by atoms with E-state index in [1.54, 1.807) is 0 Å². The lowest BCUT2D eigenvalue weighted by Gasteiger charge is -2.23. The molecule has 0 spiro atoms. The van der Waals surface area contributed by atoms with Gasteiger partial charge in [-0.1, -0.05) is 19.8 Å². The zero-order valence-corrected chi connectivity index (χ0v) is 7.99. The molecule has 1 heterocycles. The topological polar surface area (TPSA) is 9.23 Å². The van der Waals surface area contributed by atoms with Crippen LogP contribution in [0.5, 0.6) is 0 Å². The maximum absolute atomic E-state index is 5.92. The van der Waals surface area contributed by atoms with Gasteiger partial charge in [0, 0.05) is 17.9 Å². The van der Waals surface area contributed by atoms with Gasteiger partial charge >= 0.3 is 0 Å². The maximum Gasteiger partial charge on any atom is 0.0534 e. The fraction of sp³-hybridized carbons (Fsp3) is 1.00. The molecule has 0 aliphatic carbocycles. The minimum Gasteiger partial charge on any atom is -0.381 e. The normalized spacial score (nSPS) is 31.1. The van der Waals surface area contributed by atoms with Crippen LogP contribution in [0.3, 0.4) is 0 Å². The van der Waals surface area contributed by atoms with Crippen LogP contribution in [0.25, 0.3) is 0 Å². The third-order valence-electron chi connectivity index (χ3n) is 2.53. The standard InChI is InChI=1S/C9H17ClO/c1-2-3-4-9(7-10)5-6-11-8-9/h2-8H2,1H3. The summed E-state index contributed by atoms with van der Waals surface area (Å²) in [6, 6.07) is 0. The van der Waals surface area contributed by atoms with Gasteiger partial charge in [-0.15, -0.1) is 11.6 Å². The molecule has 0 saturated carbocycles. The second-order valence-electron chi connectivity index (χ2n) is 3.54. The first-order chi connectivity index (χ1) is 5.33. The Kier molecular flexibility index (Phi) is 3.67. The van der Waals surface area contributed by atoms with Gasteiger partial charge in [0.25, 0.3) is 0 Å². The van der Waals surface area contributed by atoms with Crippen LogP contribution in [-0.4, -0.2) is 19.1 Å². The van der Waals surface area contributed by atoms with Crippen molar-refractivity contribution < 1.29 is 4.74 Å². The van der Waals surface area contributed by atoms with Gasteiger partial charge in [0.2, 0.25) is 0 Å². The molecule has 1 fully saturated rings. The van der Waals surface area contributed by atoms with Crippen molar-refractivity contribution in [3.63, 3.8) is 0 Å². The van der Waals surface area contributed by atoms with E-state index in [0.717, 1.165) is 25.5 Å². The largest absolute Gasteiger partial charge is 0.381 e. The SMILES string of the molecule is CCCCC1(CCl)CCOC1. The molecule has 0 bridgehead atoms. The number of unbranched alkanes of at least 4 members (excludes halogenated alkanes) is 1. The van der Waals surface area contributed by atoms with Crippen molar-refractivity contribution in [2.45, 2.75) is 32.6 Å². The number of hydrogen-bond donors (Lipinski definition) is 0. The highest BCUT2D eigenvalue weighted by atomic mass is 35.5. The van der Waals surface area contributed by atoms with Crippen molar-refractivity contribution in [3.05, 3.63) is 0 Å². The van der Waals surface area contributed by atoms with Crippen molar-refractivity contribution in [3.8, 4) is 0 Å². The minimum atomic E-state index is 0.331. The Hall–Kier alpha value is 0.250. The fourth-order valence-corrected chi connectivity index (χ4v) is 1.92. The van der Waals surface area contributed by atoms with Gasteiger partial charge in [-0.3, -0.25) is 0 Å². The second kappa shape index (κ2) is 4.32. The third-order valence-corrected chi connectivity index (χ3v) is 3.10. The Morgan fingerprint density at radius 1 is 1.55 bits per heavy atom. The summed E-state index contributed by atoms with van der Waals surface area (Å²) >= 11 is 5.92. The van der Waals surface area contributed by atoms with Crippen molar-refractivity contribution in [2.75, 3.05) is 19.1 Å². The smallest absolute Gasteiger partial charge is 0.0534 e. The molecule has 1 nitrogen and oxygen atoms in total. The molecule has 1 aliphatic rings. The number of alkyl halides is 1. The van der Waals surface area contributed by atoms with Gasteiger partial charge in [-0.05, 0) is 12.8 Å². The molecule has 66 valence electrons. The summed E-state index contributed by atoms with van der Waals surface area (Å²) in [6.07, 6.45) is 4.96. The molecule has 1 rings (SSSR count). The molecule has 0 N–H and O–H groups in total. The van der Waals surface area contributed by atoms with E-state index < -0.39 is 0 Å². The summed E-state index contributed by atoms with van der Waals surface area (Å²) in [6.45, 7) is 4.02. The lowest BCUT2D eigenvalue weighted by molar-refractivity contribution is 0.155. The first kappa shape index (κ1) is 9.34. The molecule has 1 aliphatic heterocycles. The molecule has 0 aromatic carbocycles. The molecule has 1 atom stereocenters. The molecule has 0 aromatic heterocycles. The summed E-state index contributed by atoms with van der Waals surface area (Å²) in [7, 11) is 0. The maximum atomic E-state index is 5.92. The lowest BCUT2D eigenvalue weighted by atomic mass is 9.84. The van der Waals surface area contributed by atoms with E-state index in [9.17, 15) is 0 Å². The number of hydrogen-bond acceptors (Lipinski definition) is 1. The van der Waals surface area contributed by atoms with Crippen LogP contribution in [0.15, 0.2) is 0 Å². The van der Waals surface area contributed by atoms with E-state index in [1.807, 2.05) is 0 Å². The van der Waals surface area contributed by atoms with Crippen LogP contribution in [0.1, 0.15) is 32.6 Å². The summed E-state index contributed by atoms with van der Waals surface area (Å²) in [5, 5.41) is 0. The molecular weight excluding hydrogens is 160 g/mol. The molecular formula is C9H17ClO. The number of halogens is 1. The highest BCUT2D eigenvalue weighted by molar-refractivity contribution is 6.18. The number of ether oxygens (including phenoxy) is 1. The Morgan fingerprint density at radius 2 is 2.36 bits per heavy atom. The Labute approximate surface area is 74.1 Å². The summed E-state index contributed by atoms with van der Waals surface area (Å²) in [4.78, 5) is 0. The van der Waals surface area contributed by atoms with E-state index in [-0.39, 0.29) is 0 Å². The summed E-state index contributed by atoms with van der Waals surface area (Å²) in [5.41, 5.74) is 0.331. The zero-order chi connectivity index (χ0) is 8.16. The van der Waals surface area contributed by atoms with Gasteiger partial charge in [0.15, 0.2) is 0 Å². The summed E-state index contributed by atoms with van der Waals surface area (Å²) in [5.74, 6) is 0.771. The van der Waals surface area contributed by atoms with Gasteiger partial charge in [-0.25, -0.2) is 0 Å². The van der Waals surface area contributed by atoms with Crippen molar-refractivity contribution in [1.29, 1.82) is 0 Å². The van der Waals surface area contributed by atoms with Crippen molar-refractivity contribution >= 4 is 11.6 Å². The Balaban J connectivity index is 2.33. The van der Waals surface area contributed by atoms with E-state index in [1.165, 1.54) is 19.3 Å². The quantitative estimate of drug-likeness (QED) is 0.599. The van der Waals surface area contributed by atoms with E-state index in [2.05, 4.69) is 6.92 Å². The molecule has 1 saturated heterocycles. The highest BCUT2D eigenvalue weighted by Crippen LogP contribution is 2.35. The zero-order valence-electron chi connectivity index (χ0n) is 7.24. The van der Waals surface area contributed by atoms with Crippen LogP contribution in [0.4, 0.5) is 0 Å². The fourth-order valence-electron chi connectivity index (χ4n) is 1.57. The molecule has 1 unspecified atom stereocenters. The van der Waals surface area contributed by atoms with Crippen LogP contribution in [-0.2, 0) is 4.74 Å². The van der Waals surface area contributed by atoms with Crippen LogP contribution >= 0.6 is 11.6 Å². The van der Waals surface area contributed by atoms with Gasteiger partial charge in [-0.2, -0.15) is 0 Å². The first-order valence-corrected chi connectivity index (χ1v) is 5.00. The van der Waals surface area contributed by atoms with Crippen molar-refractivity contribution in [2.24, 2.45) is 5.41 Å². The van der Waals surface area contributed by atoms with Gasteiger partial charge in [0.05, 0.1) is 6.61 Å². The molecule has 0 amide bonds. The van der Waals surface area contributed by atoms with Crippen LogP contribution in [0, 0.1) is 5.41 Å². The van der Waals surface area contributed by atoms with Crippen LogP contribution < -0.4 is 0 Å². The molecule has 11 heavy (non-hydrogen) atoms. The Bertz CT molecular complexity index is 108. The average Bonchev–Trinajstić information content (AvgIpc) is 2.50. The average molecular weight is 177 g/mol. The third kappa shape index (κ3) is 2.34. The monoisotopic (exact) mass is 176 g/mol.